The number of hydrogen-bond donors (Lipinski definition) is 0. The van der Waals surface area contributed by atoms with Crippen LogP contribution in [-0.2, 0) is 32.8 Å². The van der Waals surface area contributed by atoms with Gasteiger partial charge in [0.1, 0.15) is 17.9 Å². The Kier molecular flexibility index (Phi) is 10.1. The lowest BCUT2D eigenvalue weighted by atomic mass is 9.93. The topological polar surface area (TPSA) is 57.1 Å². The molecular weight excluding hydrogens is 550 g/mol. The molecule has 0 aromatic heterocycles. The Morgan fingerprint density at radius 2 is 1.61 bits per heavy atom. The van der Waals surface area contributed by atoms with Gasteiger partial charge < -0.3 is 14.0 Å². The highest BCUT2D eigenvalue weighted by atomic mass is 31.2. The molecule has 0 saturated heterocycles. The number of benzene rings is 2. The summed E-state index contributed by atoms with van der Waals surface area (Å²) in [7, 11) is -3.16. The van der Waals surface area contributed by atoms with Crippen LogP contribution >= 0.6 is 7.37 Å². The van der Waals surface area contributed by atoms with Crippen LogP contribution in [0.1, 0.15) is 83.6 Å². The van der Waals surface area contributed by atoms with E-state index in [0.29, 0.717) is 30.7 Å². The maximum absolute atomic E-state index is 14.1. The predicted octanol–water partition coefficient (Wildman–Crippen LogP) is 9.04. The number of nitrogens with zero attached hydrogens (tertiary/aromatic N) is 1. The van der Waals surface area contributed by atoms with Crippen molar-refractivity contribution in [1.29, 1.82) is 0 Å². The molecule has 9 heteroatoms. The molecular formula is C32H45F3NO4P. The minimum atomic E-state index is -4.56. The fourth-order valence-corrected chi connectivity index (χ4v) is 8.51. The van der Waals surface area contributed by atoms with Crippen molar-refractivity contribution in [3.05, 3.63) is 64.7 Å². The number of aryl methyl sites for hydroxylation is 3. The van der Waals surface area contributed by atoms with Crippen molar-refractivity contribution >= 4 is 13.3 Å². The van der Waals surface area contributed by atoms with Crippen molar-refractivity contribution in [3.8, 4) is 5.75 Å². The van der Waals surface area contributed by atoms with E-state index in [4.69, 9.17) is 14.0 Å². The van der Waals surface area contributed by atoms with E-state index in [1.807, 2.05) is 66.7 Å². The number of halogens is 3. The summed E-state index contributed by atoms with van der Waals surface area (Å²) in [4.78, 5) is 4.67. The van der Waals surface area contributed by atoms with Crippen molar-refractivity contribution in [2.24, 2.45) is 4.99 Å². The van der Waals surface area contributed by atoms with Crippen LogP contribution in [0.4, 0.5) is 13.2 Å². The molecule has 1 aliphatic heterocycles. The molecule has 0 amide bonds. The van der Waals surface area contributed by atoms with Gasteiger partial charge in [-0.05, 0) is 55.9 Å². The first-order chi connectivity index (χ1) is 18.9. The van der Waals surface area contributed by atoms with Gasteiger partial charge >= 0.3 is 6.18 Å². The summed E-state index contributed by atoms with van der Waals surface area (Å²) in [5.41, 5.74) is 1.17. The number of aliphatic imine (C=N–C) groups is 1. The fraction of sp³-hybridized carbons (Fsp3) is 0.594. The highest BCUT2D eigenvalue weighted by Crippen LogP contribution is 2.67. The first kappa shape index (κ1) is 33.2. The van der Waals surface area contributed by atoms with Crippen molar-refractivity contribution in [1.82, 2.24) is 0 Å². The molecule has 0 bridgehead atoms. The first-order valence-electron chi connectivity index (χ1n) is 14.2. The minimum Gasteiger partial charge on any atom is -0.493 e. The van der Waals surface area contributed by atoms with Crippen LogP contribution in [0.15, 0.2) is 47.5 Å². The van der Waals surface area contributed by atoms with Crippen LogP contribution in [0.25, 0.3) is 0 Å². The van der Waals surface area contributed by atoms with E-state index in [0.717, 1.165) is 23.6 Å². The van der Waals surface area contributed by atoms with Crippen molar-refractivity contribution in [2.75, 3.05) is 19.8 Å². The summed E-state index contributed by atoms with van der Waals surface area (Å²) < 4.78 is 73.6. The molecule has 0 saturated carbocycles. The van der Waals surface area contributed by atoms with Crippen LogP contribution < -0.4 is 4.74 Å². The number of ether oxygens (including phenoxy) is 2. The second-order valence-electron chi connectivity index (χ2n) is 13.1. The number of hydrogen-bond acceptors (Lipinski definition) is 5. The average molecular weight is 596 g/mol. The van der Waals surface area contributed by atoms with E-state index in [1.54, 1.807) is 13.0 Å². The Morgan fingerprint density at radius 1 is 0.951 bits per heavy atom. The maximum Gasteiger partial charge on any atom is 0.419 e. The highest BCUT2D eigenvalue weighted by Gasteiger charge is 2.50. The predicted molar refractivity (Wildman–Crippen MR) is 160 cm³/mol. The van der Waals surface area contributed by atoms with Gasteiger partial charge in [-0.15, -0.1) is 0 Å². The van der Waals surface area contributed by atoms with Gasteiger partial charge in [0.2, 0.25) is 7.37 Å². The van der Waals surface area contributed by atoms with E-state index in [2.05, 4.69) is 11.1 Å². The van der Waals surface area contributed by atoms with Gasteiger partial charge in [0.05, 0.1) is 18.8 Å². The second-order valence-corrected chi connectivity index (χ2v) is 17.1. The van der Waals surface area contributed by atoms with Gasteiger partial charge in [-0.25, -0.2) is 4.99 Å². The van der Waals surface area contributed by atoms with E-state index in [9.17, 15) is 17.7 Å². The standard InChI is InChI=1S/C32H45F3NO4P/c1-23-11-9-12-25(19-23)13-10-18-38-28-15-14-26(20-27(28)32(33,34)35)16-17-31(21-39-24(2)36-31)22-40-41(37,29(3,4)5)30(6,7)8/h9,11-12,14-15,19-20H,10,13,16-18,21-22H2,1-8H3. The van der Waals surface area contributed by atoms with Crippen molar-refractivity contribution in [3.63, 3.8) is 0 Å². The molecule has 0 radical (unpaired) electrons. The Balaban J connectivity index is 1.72. The third-order valence-electron chi connectivity index (χ3n) is 7.40. The minimum absolute atomic E-state index is 0.0599. The zero-order valence-electron chi connectivity index (χ0n) is 25.7. The third-order valence-corrected chi connectivity index (χ3v) is 11.4. The Morgan fingerprint density at radius 3 is 2.17 bits per heavy atom. The number of alkyl halides is 3. The Hall–Kier alpha value is -2.31. The molecule has 2 aromatic carbocycles. The first-order valence-corrected chi connectivity index (χ1v) is 15.8. The highest BCUT2D eigenvalue weighted by molar-refractivity contribution is 7.62. The summed E-state index contributed by atoms with van der Waals surface area (Å²) in [5.74, 6) is 0.318. The van der Waals surface area contributed by atoms with Crippen molar-refractivity contribution < 1.29 is 31.7 Å². The van der Waals surface area contributed by atoms with E-state index in [1.165, 1.54) is 6.07 Å². The monoisotopic (exact) mass is 595 g/mol. The van der Waals surface area contributed by atoms with Crippen LogP contribution in [0.5, 0.6) is 5.75 Å². The van der Waals surface area contributed by atoms with Gasteiger partial charge in [0.25, 0.3) is 0 Å². The molecule has 5 nitrogen and oxygen atoms in total. The van der Waals surface area contributed by atoms with Gasteiger partial charge in [0.15, 0.2) is 5.90 Å². The van der Waals surface area contributed by atoms with Crippen LogP contribution in [0.3, 0.4) is 0 Å². The van der Waals surface area contributed by atoms with Gasteiger partial charge in [-0.1, -0.05) is 77.4 Å². The van der Waals surface area contributed by atoms with E-state index < -0.39 is 35.0 Å². The van der Waals surface area contributed by atoms with E-state index >= 15 is 0 Å². The van der Waals surface area contributed by atoms with Gasteiger partial charge in [-0.2, -0.15) is 13.2 Å². The van der Waals surface area contributed by atoms with E-state index in [-0.39, 0.29) is 25.6 Å². The summed E-state index contributed by atoms with van der Waals surface area (Å²) in [6, 6.07) is 12.3. The molecule has 1 atom stereocenters. The molecule has 41 heavy (non-hydrogen) atoms. The molecule has 0 spiro atoms. The summed E-state index contributed by atoms with van der Waals surface area (Å²) in [5, 5.41) is -1.19. The van der Waals surface area contributed by atoms with Gasteiger partial charge in [-0.3, -0.25) is 4.57 Å². The van der Waals surface area contributed by atoms with Crippen LogP contribution in [-0.4, -0.2) is 41.6 Å². The fourth-order valence-electron chi connectivity index (χ4n) is 5.30. The Labute approximate surface area is 243 Å². The molecule has 0 fully saturated rings. The quantitative estimate of drug-likeness (QED) is 0.192. The summed E-state index contributed by atoms with van der Waals surface area (Å²) in [6.45, 7) is 15.6. The lowest BCUT2D eigenvalue weighted by Gasteiger charge is -2.41. The van der Waals surface area contributed by atoms with Crippen molar-refractivity contribution in [2.45, 2.75) is 103 Å². The molecule has 1 unspecified atom stereocenters. The van der Waals surface area contributed by atoms with Gasteiger partial charge in [0, 0.05) is 17.2 Å². The molecule has 3 rings (SSSR count). The molecule has 1 aliphatic rings. The smallest absolute Gasteiger partial charge is 0.419 e. The number of rotatable bonds is 11. The maximum atomic E-state index is 14.1. The molecule has 1 heterocycles. The Bertz CT molecular complexity index is 1260. The zero-order chi connectivity index (χ0) is 30.7. The molecule has 0 aliphatic carbocycles. The molecule has 2 aromatic rings. The summed E-state index contributed by atoms with van der Waals surface area (Å²) in [6.07, 6.45) is -2.53. The van der Waals surface area contributed by atoms with Crippen LogP contribution in [0.2, 0.25) is 0 Å². The zero-order valence-corrected chi connectivity index (χ0v) is 26.5. The summed E-state index contributed by atoms with van der Waals surface area (Å²) >= 11 is 0. The lowest BCUT2D eigenvalue weighted by molar-refractivity contribution is -0.139. The normalized spacial score (nSPS) is 18.3. The molecule has 0 N–H and O–H groups in total. The largest absolute Gasteiger partial charge is 0.493 e. The third kappa shape index (κ3) is 8.38. The molecule has 228 valence electrons. The SMILES string of the molecule is CC1=NC(CCc2ccc(OCCCc3cccc(C)c3)c(C(F)(F)F)c2)(COP(=O)(C(C)(C)C)C(C)(C)C)CO1. The average Bonchev–Trinajstić information content (AvgIpc) is 3.23. The second kappa shape index (κ2) is 12.5. The van der Waals surface area contributed by atoms with Crippen LogP contribution in [0, 0.1) is 6.92 Å². The lowest BCUT2D eigenvalue weighted by Crippen LogP contribution is -2.38.